The van der Waals surface area contributed by atoms with Gasteiger partial charge in [-0.1, -0.05) is 0 Å². The summed E-state index contributed by atoms with van der Waals surface area (Å²) in [6, 6.07) is 4.61. The van der Waals surface area contributed by atoms with E-state index in [0.717, 1.165) is 69.0 Å². The number of aliphatic hydroxyl groups is 1. The van der Waals surface area contributed by atoms with Crippen LogP contribution in [-0.4, -0.2) is 53.1 Å². The minimum atomic E-state index is -0.614. The van der Waals surface area contributed by atoms with Gasteiger partial charge in [0.15, 0.2) is 0 Å². The molecular formula is C21H31N5O3. The van der Waals surface area contributed by atoms with Crippen LogP contribution in [0, 0.1) is 17.2 Å². The van der Waals surface area contributed by atoms with Gasteiger partial charge in [0.1, 0.15) is 23.3 Å². The summed E-state index contributed by atoms with van der Waals surface area (Å²) in [4.78, 5) is 8.90. The molecule has 0 radical (unpaired) electrons. The molecule has 1 aliphatic carbocycles. The first kappa shape index (κ1) is 21.5. The van der Waals surface area contributed by atoms with Crippen LogP contribution in [0.1, 0.15) is 57.0 Å². The number of pyridine rings is 1. The van der Waals surface area contributed by atoms with Gasteiger partial charge in [0.2, 0.25) is 0 Å². The molecule has 1 atom stereocenters. The van der Waals surface area contributed by atoms with E-state index < -0.39 is 6.10 Å². The second kappa shape index (κ2) is 10.5. The second-order valence-corrected chi connectivity index (χ2v) is 7.59. The van der Waals surface area contributed by atoms with Crippen molar-refractivity contribution < 1.29 is 14.6 Å². The van der Waals surface area contributed by atoms with Crippen LogP contribution in [0.25, 0.3) is 11.0 Å². The van der Waals surface area contributed by atoms with E-state index in [1.165, 1.54) is 0 Å². The standard InChI is InChI=1S/C17H23N5O.C4H8O2/c1-11(23)17-21-14-10-20-16(19-2)9-15(14)22(17)13-5-3-12(4-6-13)7-8-18;1-2-6-4-3-5-1/h9-13,23H,3-7H2,1-2H3,(H,19,20);1-4H2/t11?,12-,13-;. The maximum atomic E-state index is 10.1. The lowest BCUT2D eigenvalue weighted by Crippen LogP contribution is -2.20. The van der Waals surface area contributed by atoms with Crippen LogP contribution in [0.5, 0.6) is 0 Å². The van der Waals surface area contributed by atoms with Gasteiger partial charge in [0.25, 0.3) is 0 Å². The third-order valence-corrected chi connectivity index (χ3v) is 5.54. The molecular weight excluding hydrogens is 370 g/mol. The molecule has 0 bridgehead atoms. The molecule has 2 aromatic rings. The Balaban J connectivity index is 0.000000343. The number of anilines is 1. The quantitative estimate of drug-likeness (QED) is 0.810. The summed E-state index contributed by atoms with van der Waals surface area (Å²) in [5.41, 5.74) is 1.84. The van der Waals surface area contributed by atoms with Crippen molar-refractivity contribution in [3.05, 3.63) is 18.1 Å². The molecule has 8 nitrogen and oxygen atoms in total. The van der Waals surface area contributed by atoms with Crippen LogP contribution in [0.3, 0.4) is 0 Å². The average molecular weight is 402 g/mol. The third-order valence-electron chi connectivity index (χ3n) is 5.54. The molecule has 0 spiro atoms. The Labute approximate surface area is 171 Å². The Bertz CT molecular complexity index is 806. The predicted molar refractivity (Wildman–Crippen MR) is 111 cm³/mol. The van der Waals surface area contributed by atoms with E-state index >= 15 is 0 Å². The number of rotatable bonds is 4. The van der Waals surface area contributed by atoms with E-state index in [4.69, 9.17) is 14.7 Å². The molecule has 0 amide bonds. The lowest BCUT2D eigenvalue weighted by molar-refractivity contribution is -0.0334. The average Bonchev–Trinajstić information content (AvgIpc) is 3.15. The Hall–Kier alpha value is -2.21. The number of ether oxygens (including phenoxy) is 2. The van der Waals surface area contributed by atoms with Crippen molar-refractivity contribution in [3.63, 3.8) is 0 Å². The predicted octanol–water partition coefficient (Wildman–Crippen LogP) is 3.20. The van der Waals surface area contributed by atoms with Crippen molar-refractivity contribution in [2.75, 3.05) is 38.8 Å². The molecule has 0 aromatic carbocycles. The highest BCUT2D eigenvalue weighted by Gasteiger charge is 2.27. The summed E-state index contributed by atoms with van der Waals surface area (Å²) < 4.78 is 12.1. The number of imidazole rings is 1. The smallest absolute Gasteiger partial charge is 0.138 e. The highest BCUT2D eigenvalue weighted by Crippen LogP contribution is 2.37. The molecule has 2 aliphatic rings. The Kier molecular flexibility index (Phi) is 7.81. The fourth-order valence-electron chi connectivity index (χ4n) is 4.01. The zero-order valence-corrected chi connectivity index (χ0v) is 17.3. The molecule has 2 aromatic heterocycles. The number of hydrogen-bond donors (Lipinski definition) is 2. The Morgan fingerprint density at radius 1 is 1.24 bits per heavy atom. The summed E-state index contributed by atoms with van der Waals surface area (Å²) >= 11 is 0. The number of nitrogens with zero attached hydrogens (tertiary/aromatic N) is 4. The first-order chi connectivity index (χ1) is 14.1. The molecule has 1 unspecified atom stereocenters. The van der Waals surface area contributed by atoms with Crippen molar-refractivity contribution in [2.24, 2.45) is 5.92 Å². The largest absolute Gasteiger partial charge is 0.385 e. The van der Waals surface area contributed by atoms with Crippen molar-refractivity contribution >= 4 is 16.9 Å². The minimum absolute atomic E-state index is 0.326. The number of nitriles is 1. The summed E-state index contributed by atoms with van der Waals surface area (Å²) in [6.45, 7) is 4.87. The van der Waals surface area contributed by atoms with Gasteiger partial charge in [-0.15, -0.1) is 0 Å². The zero-order valence-electron chi connectivity index (χ0n) is 17.3. The van der Waals surface area contributed by atoms with Crippen LogP contribution in [-0.2, 0) is 9.47 Å². The van der Waals surface area contributed by atoms with E-state index in [1.807, 2.05) is 13.1 Å². The first-order valence-electron chi connectivity index (χ1n) is 10.4. The van der Waals surface area contributed by atoms with E-state index in [-0.39, 0.29) is 0 Å². The number of fused-ring (bicyclic) bond motifs is 1. The van der Waals surface area contributed by atoms with Crippen molar-refractivity contribution in [3.8, 4) is 6.07 Å². The Morgan fingerprint density at radius 2 is 1.90 bits per heavy atom. The molecule has 158 valence electrons. The third kappa shape index (κ3) is 5.44. The van der Waals surface area contributed by atoms with Crippen LogP contribution in [0.15, 0.2) is 12.3 Å². The fraction of sp³-hybridized carbons (Fsp3) is 0.667. The van der Waals surface area contributed by atoms with Gasteiger partial charge in [0.05, 0.1) is 44.2 Å². The highest BCUT2D eigenvalue weighted by atomic mass is 16.6. The van der Waals surface area contributed by atoms with E-state index in [0.29, 0.717) is 24.2 Å². The number of aliphatic hydroxyl groups excluding tert-OH is 1. The SMILES string of the molecule is C1COCCO1.CNc1cc2c(cn1)nc(C(C)O)n2[C@H]1CC[C@H](CC#N)CC1. The van der Waals surface area contributed by atoms with Gasteiger partial charge in [-0.2, -0.15) is 5.26 Å². The second-order valence-electron chi connectivity index (χ2n) is 7.59. The van der Waals surface area contributed by atoms with Gasteiger partial charge in [-0.05, 0) is 38.5 Å². The van der Waals surface area contributed by atoms with Crippen LogP contribution in [0.4, 0.5) is 5.82 Å². The van der Waals surface area contributed by atoms with Crippen molar-refractivity contribution in [1.82, 2.24) is 14.5 Å². The maximum Gasteiger partial charge on any atom is 0.138 e. The van der Waals surface area contributed by atoms with Gasteiger partial charge in [-0.25, -0.2) is 9.97 Å². The number of hydrogen-bond acceptors (Lipinski definition) is 7. The molecule has 4 rings (SSSR count). The summed E-state index contributed by atoms with van der Waals surface area (Å²) in [6.07, 6.45) is 5.95. The molecule has 2 N–H and O–H groups in total. The Morgan fingerprint density at radius 3 is 2.41 bits per heavy atom. The normalized spacial score (nSPS) is 23.0. The van der Waals surface area contributed by atoms with E-state index in [9.17, 15) is 5.11 Å². The van der Waals surface area contributed by atoms with E-state index in [2.05, 4.69) is 25.9 Å². The summed E-state index contributed by atoms with van der Waals surface area (Å²) in [7, 11) is 1.84. The summed E-state index contributed by atoms with van der Waals surface area (Å²) in [5.74, 6) is 2.02. The lowest BCUT2D eigenvalue weighted by atomic mass is 9.84. The monoisotopic (exact) mass is 401 g/mol. The molecule has 3 heterocycles. The van der Waals surface area contributed by atoms with Crippen LogP contribution in [0.2, 0.25) is 0 Å². The van der Waals surface area contributed by atoms with E-state index in [1.54, 1.807) is 13.1 Å². The number of nitrogens with one attached hydrogen (secondary N) is 1. The highest BCUT2D eigenvalue weighted by molar-refractivity contribution is 5.78. The van der Waals surface area contributed by atoms with Gasteiger partial charge in [0, 0.05) is 25.6 Å². The number of aromatic nitrogens is 3. The van der Waals surface area contributed by atoms with Crippen LogP contribution < -0.4 is 5.32 Å². The molecule has 1 saturated carbocycles. The minimum Gasteiger partial charge on any atom is -0.385 e. The molecule has 29 heavy (non-hydrogen) atoms. The topological polar surface area (TPSA) is 105 Å². The van der Waals surface area contributed by atoms with Gasteiger partial charge < -0.3 is 24.5 Å². The molecule has 1 saturated heterocycles. The maximum absolute atomic E-state index is 10.1. The van der Waals surface area contributed by atoms with Crippen molar-refractivity contribution in [2.45, 2.75) is 51.2 Å². The fourth-order valence-corrected chi connectivity index (χ4v) is 4.01. The lowest BCUT2D eigenvalue weighted by Gasteiger charge is -2.30. The van der Waals surface area contributed by atoms with Gasteiger partial charge >= 0.3 is 0 Å². The zero-order chi connectivity index (χ0) is 20.6. The van der Waals surface area contributed by atoms with Crippen LogP contribution >= 0.6 is 0 Å². The molecule has 8 heteroatoms. The van der Waals surface area contributed by atoms with Crippen molar-refractivity contribution in [1.29, 1.82) is 5.26 Å². The molecule has 1 aliphatic heterocycles. The summed E-state index contributed by atoms with van der Waals surface area (Å²) in [5, 5.41) is 22.1. The first-order valence-corrected chi connectivity index (χ1v) is 10.4. The van der Waals surface area contributed by atoms with Gasteiger partial charge in [-0.3, -0.25) is 0 Å². The molecule has 2 fully saturated rings.